The first-order valence-electron chi connectivity index (χ1n) is 6.28. The lowest BCUT2D eigenvalue weighted by Crippen LogP contribution is -2.46. The highest BCUT2D eigenvalue weighted by molar-refractivity contribution is 7.85. The summed E-state index contributed by atoms with van der Waals surface area (Å²) >= 11 is 0. The lowest BCUT2D eigenvalue weighted by molar-refractivity contribution is -0.119. The summed E-state index contributed by atoms with van der Waals surface area (Å²) in [6.07, 6.45) is 6.96. The molecule has 0 bridgehead atoms. The molecular weight excluding hydrogens is 222 g/mol. The van der Waals surface area contributed by atoms with Crippen LogP contribution in [0, 0.1) is 5.41 Å². The molecule has 0 spiro atoms. The highest BCUT2D eigenvalue weighted by Gasteiger charge is 2.34. The first kappa shape index (κ1) is 12.2. The molecule has 1 aliphatic carbocycles. The average molecular weight is 243 g/mol. The van der Waals surface area contributed by atoms with E-state index in [0.717, 1.165) is 44.0 Å². The zero-order chi connectivity index (χ0) is 11.4. The summed E-state index contributed by atoms with van der Waals surface area (Å²) in [5.41, 5.74) is -0.0862. The van der Waals surface area contributed by atoms with Gasteiger partial charge < -0.3 is 9.69 Å². The molecule has 16 heavy (non-hydrogen) atoms. The van der Waals surface area contributed by atoms with Crippen LogP contribution in [-0.2, 0) is 15.6 Å². The second-order valence-electron chi connectivity index (χ2n) is 5.17. The molecule has 0 N–H and O–H groups in total. The Bertz CT molecular complexity index is 264. The third-order valence-corrected chi connectivity index (χ3v) is 5.18. The molecule has 2 aliphatic rings. The molecule has 1 saturated carbocycles. The van der Waals surface area contributed by atoms with Crippen molar-refractivity contribution in [2.24, 2.45) is 5.41 Å². The number of rotatable bonds is 3. The highest BCUT2D eigenvalue weighted by atomic mass is 32.2. The quantitative estimate of drug-likeness (QED) is 0.699. The van der Waals surface area contributed by atoms with Gasteiger partial charge in [0.25, 0.3) is 0 Å². The summed E-state index contributed by atoms with van der Waals surface area (Å²) in [7, 11) is -0.613. The molecule has 0 atom stereocenters. The second-order valence-corrected chi connectivity index (χ2v) is 6.86. The number of aldehydes is 1. The molecule has 2 rings (SSSR count). The van der Waals surface area contributed by atoms with Gasteiger partial charge in [-0.05, 0) is 12.8 Å². The minimum Gasteiger partial charge on any atom is -0.303 e. The highest BCUT2D eigenvalue weighted by Crippen LogP contribution is 2.35. The molecule has 0 amide bonds. The van der Waals surface area contributed by atoms with Crippen molar-refractivity contribution in [3.63, 3.8) is 0 Å². The molecule has 2 fully saturated rings. The monoisotopic (exact) mass is 243 g/mol. The van der Waals surface area contributed by atoms with Crippen LogP contribution in [0.15, 0.2) is 0 Å². The first-order valence-corrected chi connectivity index (χ1v) is 7.77. The molecule has 3 nitrogen and oxygen atoms in total. The smallest absolute Gasteiger partial charge is 0.127 e. The van der Waals surface area contributed by atoms with Gasteiger partial charge in [-0.25, -0.2) is 0 Å². The van der Waals surface area contributed by atoms with Gasteiger partial charge in [-0.15, -0.1) is 0 Å². The summed E-state index contributed by atoms with van der Waals surface area (Å²) in [5.74, 6) is 1.57. The Morgan fingerprint density at radius 2 is 1.75 bits per heavy atom. The van der Waals surface area contributed by atoms with Crippen LogP contribution < -0.4 is 0 Å². The molecule has 4 heteroatoms. The Kier molecular flexibility index (Phi) is 4.14. The Hall–Kier alpha value is -0.220. The van der Waals surface area contributed by atoms with Gasteiger partial charge in [0.2, 0.25) is 0 Å². The van der Waals surface area contributed by atoms with E-state index in [4.69, 9.17) is 0 Å². The van der Waals surface area contributed by atoms with Gasteiger partial charge in [0, 0.05) is 47.4 Å². The number of nitrogens with zero attached hydrogens (tertiary/aromatic N) is 1. The molecule has 1 heterocycles. The van der Waals surface area contributed by atoms with Crippen LogP contribution in [0.5, 0.6) is 0 Å². The van der Waals surface area contributed by atoms with Gasteiger partial charge >= 0.3 is 0 Å². The topological polar surface area (TPSA) is 37.4 Å². The largest absolute Gasteiger partial charge is 0.303 e. The maximum Gasteiger partial charge on any atom is 0.127 e. The van der Waals surface area contributed by atoms with E-state index in [1.807, 2.05) is 0 Å². The van der Waals surface area contributed by atoms with Crippen LogP contribution in [-0.4, -0.2) is 46.5 Å². The third-order valence-electron chi connectivity index (χ3n) is 3.91. The maximum atomic E-state index is 11.3. The van der Waals surface area contributed by atoms with Crippen LogP contribution in [0.25, 0.3) is 0 Å². The van der Waals surface area contributed by atoms with Crippen LogP contribution in [0.2, 0.25) is 0 Å². The molecule has 0 aromatic carbocycles. The Labute approximate surface area is 100 Å². The van der Waals surface area contributed by atoms with E-state index in [1.165, 1.54) is 25.5 Å². The predicted molar refractivity (Wildman–Crippen MR) is 65.9 cm³/mol. The van der Waals surface area contributed by atoms with Gasteiger partial charge in [0.1, 0.15) is 6.29 Å². The molecule has 0 aromatic heterocycles. The van der Waals surface area contributed by atoms with Crippen molar-refractivity contribution in [1.29, 1.82) is 0 Å². The summed E-state index contributed by atoms with van der Waals surface area (Å²) < 4.78 is 11.3. The standard InChI is InChI=1S/C12H21NO2S/c14-11-12(4-2-1-3-5-12)10-13-6-8-16(15)9-7-13/h11H,1-10H2. The molecule has 1 saturated heterocycles. The third kappa shape index (κ3) is 2.92. The van der Waals surface area contributed by atoms with Crippen molar-refractivity contribution < 1.29 is 9.00 Å². The van der Waals surface area contributed by atoms with Gasteiger partial charge in [-0.2, -0.15) is 0 Å². The van der Waals surface area contributed by atoms with Crippen LogP contribution in [0.1, 0.15) is 32.1 Å². The fourth-order valence-electron chi connectivity index (χ4n) is 2.85. The van der Waals surface area contributed by atoms with E-state index < -0.39 is 10.8 Å². The van der Waals surface area contributed by atoms with Crippen molar-refractivity contribution in [3.8, 4) is 0 Å². The predicted octanol–water partition coefficient (Wildman–Crippen LogP) is 1.20. The normalized spacial score (nSPS) is 27.8. The summed E-state index contributed by atoms with van der Waals surface area (Å²) in [5, 5.41) is 0. The average Bonchev–Trinajstić information content (AvgIpc) is 2.33. The number of carbonyl (C=O) groups excluding carboxylic acids is 1. The van der Waals surface area contributed by atoms with Crippen molar-refractivity contribution in [2.75, 3.05) is 31.1 Å². The zero-order valence-electron chi connectivity index (χ0n) is 9.82. The van der Waals surface area contributed by atoms with Crippen molar-refractivity contribution in [3.05, 3.63) is 0 Å². The molecule has 0 unspecified atom stereocenters. The fraction of sp³-hybridized carbons (Fsp3) is 0.917. The maximum absolute atomic E-state index is 11.3. The summed E-state index contributed by atoms with van der Waals surface area (Å²) in [6.45, 7) is 2.71. The SMILES string of the molecule is O=CC1(CN2CCS(=O)CC2)CCCCC1. The van der Waals surface area contributed by atoms with Gasteiger partial charge in [-0.1, -0.05) is 19.3 Å². The Balaban J connectivity index is 1.90. The van der Waals surface area contributed by atoms with Gasteiger partial charge in [0.15, 0.2) is 0 Å². The lowest BCUT2D eigenvalue weighted by atomic mass is 9.75. The van der Waals surface area contributed by atoms with E-state index in [1.54, 1.807) is 0 Å². The van der Waals surface area contributed by atoms with Crippen LogP contribution in [0.4, 0.5) is 0 Å². The molecular formula is C12H21NO2S. The van der Waals surface area contributed by atoms with Crippen LogP contribution >= 0.6 is 0 Å². The zero-order valence-corrected chi connectivity index (χ0v) is 10.6. The lowest BCUT2D eigenvalue weighted by Gasteiger charge is -2.38. The number of carbonyl (C=O) groups is 1. The van der Waals surface area contributed by atoms with E-state index in [-0.39, 0.29) is 5.41 Å². The van der Waals surface area contributed by atoms with E-state index in [0.29, 0.717) is 0 Å². The Morgan fingerprint density at radius 3 is 2.31 bits per heavy atom. The van der Waals surface area contributed by atoms with E-state index in [2.05, 4.69) is 4.90 Å². The summed E-state index contributed by atoms with van der Waals surface area (Å²) in [4.78, 5) is 13.7. The fourth-order valence-corrected chi connectivity index (χ4v) is 3.98. The minimum atomic E-state index is -0.613. The van der Waals surface area contributed by atoms with Crippen molar-refractivity contribution in [2.45, 2.75) is 32.1 Å². The molecule has 0 radical (unpaired) electrons. The van der Waals surface area contributed by atoms with Crippen molar-refractivity contribution in [1.82, 2.24) is 4.90 Å². The number of hydrogen-bond donors (Lipinski definition) is 0. The summed E-state index contributed by atoms with van der Waals surface area (Å²) in [6, 6.07) is 0. The van der Waals surface area contributed by atoms with E-state index in [9.17, 15) is 9.00 Å². The van der Waals surface area contributed by atoms with Crippen LogP contribution in [0.3, 0.4) is 0 Å². The second kappa shape index (κ2) is 5.41. The van der Waals surface area contributed by atoms with Crippen molar-refractivity contribution >= 4 is 17.1 Å². The molecule has 0 aromatic rings. The first-order chi connectivity index (χ1) is 7.74. The minimum absolute atomic E-state index is 0.0862. The molecule has 1 aliphatic heterocycles. The Morgan fingerprint density at radius 1 is 1.12 bits per heavy atom. The molecule has 92 valence electrons. The number of hydrogen-bond acceptors (Lipinski definition) is 3. The van der Waals surface area contributed by atoms with Gasteiger partial charge in [-0.3, -0.25) is 4.21 Å². The van der Waals surface area contributed by atoms with E-state index >= 15 is 0 Å². The van der Waals surface area contributed by atoms with Gasteiger partial charge in [0.05, 0.1) is 0 Å².